The number of sulfonamides is 1. The van der Waals surface area contributed by atoms with E-state index in [4.69, 9.17) is 14.2 Å². The normalized spacial score (nSPS) is 10.9. The molecule has 0 saturated heterocycles. The minimum atomic E-state index is -3.96. The zero-order valence-corrected chi connectivity index (χ0v) is 21.3. The SMILES string of the molecule is COc1cc(NS(=O)(=O)c2ccc(NC(=O)COc3ccc(Br)cc3Br)cc2)nc(OC)n1. The predicted molar refractivity (Wildman–Crippen MR) is 128 cm³/mol. The van der Waals surface area contributed by atoms with Crippen LogP contribution in [-0.4, -0.2) is 45.1 Å². The van der Waals surface area contributed by atoms with E-state index in [0.717, 1.165) is 4.47 Å². The van der Waals surface area contributed by atoms with Crippen LogP contribution in [0.3, 0.4) is 0 Å². The van der Waals surface area contributed by atoms with Crippen molar-refractivity contribution in [1.82, 2.24) is 9.97 Å². The molecule has 0 spiro atoms. The summed E-state index contributed by atoms with van der Waals surface area (Å²) in [6.07, 6.45) is 0. The monoisotopic (exact) mass is 600 g/mol. The van der Waals surface area contributed by atoms with E-state index >= 15 is 0 Å². The lowest BCUT2D eigenvalue weighted by Gasteiger charge is -2.11. The van der Waals surface area contributed by atoms with Crippen molar-refractivity contribution >= 4 is 59.3 Å². The fourth-order valence-corrected chi connectivity index (χ4v) is 4.65. The van der Waals surface area contributed by atoms with Gasteiger partial charge in [-0.15, -0.1) is 0 Å². The predicted octanol–water partition coefficient (Wildman–Crippen LogP) is 3.84. The Kier molecular flexibility index (Phi) is 8.10. The summed E-state index contributed by atoms with van der Waals surface area (Å²) in [5.41, 5.74) is 0.405. The number of carbonyl (C=O) groups is 1. The Morgan fingerprint density at radius 2 is 1.73 bits per heavy atom. The molecule has 0 fully saturated rings. The van der Waals surface area contributed by atoms with Crippen LogP contribution in [0.25, 0.3) is 0 Å². The molecule has 0 atom stereocenters. The molecule has 1 amide bonds. The summed E-state index contributed by atoms with van der Waals surface area (Å²) in [5.74, 6) is 0.222. The third-order valence-electron chi connectivity index (χ3n) is 4.01. The lowest BCUT2D eigenvalue weighted by molar-refractivity contribution is -0.118. The molecule has 0 aliphatic heterocycles. The average Bonchev–Trinajstić information content (AvgIpc) is 2.78. The second-order valence-electron chi connectivity index (χ2n) is 6.32. The zero-order chi connectivity index (χ0) is 24.0. The molecular weight excluding hydrogens is 584 g/mol. The first-order valence-corrected chi connectivity index (χ1v) is 12.2. The number of nitrogens with zero attached hydrogens (tertiary/aromatic N) is 2. The zero-order valence-electron chi connectivity index (χ0n) is 17.3. The van der Waals surface area contributed by atoms with Gasteiger partial charge in [0.25, 0.3) is 15.9 Å². The highest BCUT2D eigenvalue weighted by Gasteiger charge is 2.17. The fourth-order valence-electron chi connectivity index (χ4n) is 2.50. The molecule has 2 aromatic carbocycles. The Hall–Kier alpha value is -2.90. The van der Waals surface area contributed by atoms with Crippen LogP contribution in [0.1, 0.15) is 0 Å². The number of ether oxygens (including phenoxy) is 3. The molecule has 0 bridgehead atoms. The number of aromatic nitrogens is 2. The van der Waals surface area contributed by atoms with Crippen LogP contribution in [0, 0.1) is 0 Å². The van der Waals surface area contributed by atoms with Gasteiger partial charge in [-0.05, 0) is 58.4 Å². The van der Waals surface area contributed by atoms with Gasteiger partial charge in [0.15, 0.2) is 12.4 Å². The molecule has 1 heterocycles. The highest BCUT2D eigenvalue weighted by atomic mass is 79.9. The first kappa shape index (κ1) is 24.7. The van der Waals surface area contributed by atoms with Crippen molar-refractivity contribution < 1.29 is 27.4 Å². The molecule has 3 rings (SSSR count). The van der Waals surface area contributed by atoms with Gasteiger partial charge < -0.3 is 19.5 Å². The molecule has 0 saturated carbocycles. The van der Waals surface area contributed by atoms with E-state index in [1.165, 1.54) is 44.6 Å². The molecule has 1 aromatic heterocycles. The standard InChI is InChI=1S/C20H18Br2N4O6S/c1-30-19-10-17(24-20(25-19)31-2)26-33(28,29)14-6-4-13(5-7-14)23-18(27)11-32-16-8-3-12(21)9-15(16)22/h3-10H,11H2,1-2H3,(H,23,27)(H,24,25,26). The van der Waals surface area contributed by atoms with E-state index in [2.05, 4.69) is 51.9 Å². The summed E-state index contributed by atoms with van der Waals surface area (Å²) in [5, 5.41) is 2.64. The van der Waals surface area contributed by atoms with Gasteiger partial charge in [-0.3, -0.25) is 9.52 Å². The summed E-state index contributed by atoms with van der Waals surface area (Å²) < 4.78 is 44.7. The summed E-state index contributed by atoms with van der Waals surface area (Å²) in [6.45, 7) is -0.223. The van der Waals surface area contributed by atoms with Gasteiger partial charge in [0.1, 0.15) is 5.75 Å². The molecule has 2 N–H and O–H groups in total. The lowest BCUT2D eigenvalue weighted by atomic mass is 10.3. The first-order valence-electron chi connectivity index (χ1n) is 9.18. The van der Waals surface area contributed by atoms with E-state index in [-0.39, 0.29) is 29.2 Å². The van der Waals surface area contributed by atoms with E-state index in [0.29, 0.717) is 15.9 Å². The topological polar surface area (TPSA) is 129 Å². The maximum atomic E-state index is 12.7. The number of anilines is 2. The minimum absolute atomic E-state index is 0.0210. The van der Waals surface area contributed by atoms with Gasteiger partial charge in [-0.2, -0.15) is 9.97 Å². The van der Waals surface area contributed by atoms with Crippen LogP contribution < -0.4 is 24.2 Å². The van der Waals surface area contributed by atoms with Crippen molar-refractivity contribution in [3.8, 4) is 17.6 Å². The molecule has 0 aliphatic carbocycles. The average molecular weight is 602 g/mol. The Morgan fingerprint density at radius 3 is 2.36 bits per heavy atom. The van der Waals surface area contributed by atoms with Crippen molar-refractivity contribution in [2.75, 3.05) is 30.9 Å². The first-order chi connectivity index (χ1) is 15.7. The molecule has 0 unspecified atom stereocenters. The number of nitrogens with one attached hydrogen (secondary N) is 2. The van der Waals surface area contributed by atoms with Gasteiger partial charge in [-0.1, -0.05) is 15.9 Å². The maximum absolute atomic E-state index is 12.7. The maximum Gasteiger partial charge on any atom is 0.321 e. The quantitative estimate of drug-likeness (QED) is 0.378. The number of methoxy groups -OCH3 is 2. The summed E-state index contributed by atoms with van der Waals surface area (Å²) >= 11 is 6.70. The smallest absolute Gasteiger partial charge is 0.321 e. The third kappa shape index (κ3) is 6.79. The van der Waals surface area contributed by atoms with Gasteiger partial charge in [0.2, 0.25) is 5.88 Å². The number of hydrogen-bond donors (Lipinski definition) is 2. The second kappa shape index (κ2) is 10.8. The van der Waals surface area contributed by atoms with Crippen LogP contribution in [0.15, 0.2) is 62.4 Å². The van der Waals surface area contributed by atoms with Crippen LogP contribution >= 0.6 is 31.9 Å². The van der Waals surface area contributed by atoms with Crippen molar-refractivity contribution in [3.05, 3.63) is 57.5 Å². The number of benzene rings is 2. The molecule has 0 aliphatic rings. The van der Waals surface area contributed by atoms with Crippen molar-refractivity contribution in [3.63, 3.8) is 0 Å². The van der Waals surface area contributed by atoms with E-state index in [1.54, 1.807) is 18.2 Å². The van der Waals surface area contributed by atoms with Gasteiger partial charge in [0.05, 0.1) is 23.6 Å². The van der Waals surface area contributed by atoms with Crippen LogP contribution in [0.5, 0.6) is 17.6 Å². The number of hydrogen-bond acceptors (Lipinski definition) is 8. The Balaban J connectivity index is 1.63. The van der Waals surface area contributed by atoms with Crippen molar-refractivity contribution in [1.29, 1.82) is 0 Å². The van der Waals surface area contributed by atoms with Gasteiger partial charge >= 0.3 is 6.01 Å². The van der Waals surface area contributed by atoms with Crippen LogP contribution in [-0.2, 0) is 14.8 Å². The van der Waals surface area contributed by atoms with Gasteiger partial charge in [-0.25, -0.2) is 8.42 Å². The summed E-state index contributed by atoms with van der Waals surface area (Å²) in [4.78, 5) is 20.0. The van der Waals surface area contributed by atoms with Crippen LogP contribution in [0.2, 0.25) is 0 Å². The third-order valence-corrected chi connectivity index (χ3v) is 6.50. The molecule has 174 valence electrons. The highest BCUT2D eigenvalue weighted by molar-refractivity contribution is 9.11. The molecule has 0 radical (unpaired) electrons. The van der Waals surface area contributed by atoms with Crippen molar-refractivity contribution in [2.45, 2.75) is 4.90 Å². The molecule has 10 nitrogen and oxygen atoms in total. The van der Waals surface area contributed by atoms with E-state index in [1.807, 2.05) is 0 Å². The Labute approximate surface area is 207 Å². The molecule has 3 aromatic rings. The van der Waals surface area contributed by atoms with E-state index in [9.17, 15) is 13.2 Å². The molecular formula is C20H18Br2N4O6S. The second-order valence-corrected chi connectivity index (χ2v) is 9.78. The number of halogens is 2. The van der Waals surface area contributed by atoms with Crippen LogP contribution in [0.4, 0.5) is 11.5 Å². The summed E-state index contributed by atoms with van der Waals surface area (Å²) in [6, 6.07) is 12.2. The van der Waals surface area contributed by atoms with Gasteiger partial charge in [0, 0.05) is 16.2 Å². The molecule has 13 heteroatoms. The van der Waals surface area contributed by atoms with Crippen molar-refractivity contribution in [2.24, 2.45) is 0 Å². The number of amides is 1. The minimum Gasteiger partial charge on any atom is -0.483 e. The Morgan fingerprint density at radius 1 is 1.00 bits per heavy atom. The fraction of sp³-hybridized carbons (Fsp3) is 0.150. The largest absolute Gasteiger partial charge is 0.483 e. The summed E-state index contributed by atoms with van der Waals surface area (Å²) in [7, 11) is -1.23. The molecule has 33 heavy (non-hydrogen) atoms. The number of rotatable bonds is 9. The highest BCUT2D eigenvalue weighted by Crippen LogP contribution is 2.28. The number of carbonyl (C=O) groups excluding carboxylic acids is 1. The lowest BCUT2D eigenvalue weighted by Crippen LogP contribution is -2.20. The Bertz CT molecular complexity index is 1230. The van der Waals surface area contributed by atoms with E-state index < -0.39 is 15.9 Å².